The van der Waals surface area contributed by atoms with Crippen LogP contribution >= 0.6 is 0 Å². The van der Waals surface area contributed by atoms with Crippen LogP contribution in [0.4, 0.5) is 0 Å². The minimum atomic E-state index is -1.55. The van der Waals surface area contributed by atoms with E-state index in [9.17, 15) is 35.1 Å². The summed E-state index contributed by atoms with van der Waals surface area (Å²) in [5.41, 5.74) is 1.12. The van der Waals surface area contributed by atoms with Crippen molar-refractivity contribution >= 4 is 12.3 Å². The Labute approximate surface area is 179 Å². The maximum atomic E-state index is 12.1. The van der Waals surface area contributed by atoms with Crippen molar-refractivity contribution in [2.75, 3.05) is 13.2 Å². The lowest BCUT2D eigenvalue weighted by Crippen LogP contribution is -2.59. The molecule has 2 aliphatic heterocycles. The minimum Gasteiger partial charge on any atom is -0.457 e. The van der Waals surface area contributed by atoms with E-state index in [-0.39, 0.29) is 13.0 Å². The van der Waals surface area contributed by atoms with Gasteiger partial charge in [0.2, 0.25) is 0 Å². The molecule has 1 aliphatic carbocycles. The number of esters is 1. The van der Waals surface area contributed by atoms with E-state index in [1.165, 1.54) is 0 Å². The summed E-state index contributed by atoms with van der Waals surface area (Å²) in [5, 5.41) is 49.9. The van der Waals surface area contributed by atoms with Gasteiger partial charge in [-0.05, 0) is 30.1 Å². The predicted octanol–water partition coefficient (Wildman–Crippen LogP) is -1.42. The van der Waals surface area contributed by atoms with Gasteiger partial charge in [0.05, 0.1) is 25.2 Å². The number of aldehydes is 1. The average Bonchev–Trinajstić information content (AvgIpc) is 3.03. The van der Waals surface area contributed by atoms with Gasteiger partial charge >= 0.3 is 5.97 Å². The van der Waals surface area contributed by atoms with Crippen LogP contribution in [0.25, 0.3) is 0 Å². The summed E-state index contributed by atoms with van der Waals surface area (Å²) >= 11 is 0. The number of allylic oxidation sites excluding steroid dienone is 1. The van der Waals surface area contributed by atoms with Crippen LogP contribution in [0.15, 0.2) is 23.3 Å². The fourth-order valence-electron chi connectivity index (χ4n) is 4.29. The molecule has 0 aromatic heterocycles. The summed E-state index contributed by atoms with van der Waals surface area (Å²) in [4.78, 5) is 23.5. The van der Waals surface area contributed by atoms with E-state index in [0.717, 1.165) is 0 Å². The SMILES string of the molecule is C[C@@H]1C(=O)O[C@@H]2/C=C(/CO[C@@H]3O[C@H](CO)[C@@H](O)[C@H](O)[C@H]3O)CC/C=C(/C=O)C[C@H](O)[C@@H]12. The second-order valence-corrected chi connectivity index (χ2v) is 8.31. The molecule has 2 heterocycles. The molecule has 3 rings (SSSR count). The van der Waals surface area contributed by atoms with Crippen LogP contribution in [-0.4, -0.2) is 93.9 Å². The van der Waals surface area contributed by atoms with Crippen LogP contribution in [0.5, 0.6) is 0 Å². The first-order chi connectivity index (χ1) is 14.8. The summed E-state index contributed by atoms with van der Waals surface area (Å²) < 4.78 is 16.4. The van der Waals surface area contributed by atoms with Crippen molar-refractivity contribution in [2.45, 2.75) is 69.1 Å². The lowest BCUT2D eigenvalue weighted by Gasteiger charge is -2.39. The fourth-order valence-corrected chi connectivity index (χ4v) is 4.29. The van der Waals surface area contributed by atoms with E-state index in [1.54, 1.807) is 19.1 Å². The number of carbonyl (C=O) groups excluding carboxylic acids is 2. The molecule has 0 unspecified atom stereocenters. The summed E-state index contributed by atoms with van der Waals surface area (Å²) in [6.45, 7) is 1.05. The van der Waals surface area contributed by atoms with Gasteiger partial charge in [-0.25, -0.2) is 0 Å². The maximum Gasteiger partial charge on any atom is 0.309 e. The molecule has 3 aliphatic rings. The number of aliphatic hydroxyl groups excluding tert-OH is 5. The highest BCUT2D eigenvalue weighted by molar-refractivity contribution is 5.76. The van der Waals surface area contributed by atoms with E-state index < -0.39 is 67.3 Å². The third-order valence-electron chi connectivity index (χ3n) is 6.17. The fraction of sp³-hybridized carbons (Fsp3) is 0.714. The Balaban J connectivity index is 1.77. The molecule has 0 saturated carbocycles. The molecule has 0 radical (unpaired) electrons. The molecule has 0 aromatic carbocycles. The van der Waals surface area contributed by atoms with Gasteiger partial charge in [-0.3, -0.25) is 9.59 Å². The topological polar surface area (TPSA) is 163 Å². The average molecular weight is 442 g/mol. The van der Waals surface area contributed by atoms with Crippen molar-refractivity contribution < 1.29 is 49.3 Å². The zero-order valence-corrected chi connectivity index (χ0v) is 17.2. The molecule has 2 saturated heterocycles. The highest BCUT2D eigenvalue weighted by atomic mass is 16.7. The molecule has 5 N–H and O–H groups in total. The van der Waals surface area contributed by atoms with Crippen LogP contribution in [0.1, 0.15) is 26.2 Å². The van der Waals surface area contributed by atoms with Crippen molar-refractivity contribution in [3.8, 4) is 0 Å². The van der Waals surface area contributed by atoms with Gasteiger partial charge < -0.3 is 39.7 Å². The number of aliphatic hydroxyl groups is 5. The van der Waals surface area contributed by atoms with Gasteiger partial charge in [-0.2, -0.15) is 0 Å². The van der Waals surface area contributed by atoms with E-state index >= 15 is 0 Å². The standard InChI is InChI=1S/C21H30O10/c1-10-16-13(24)5-11(7-22)3-2-4-12(6-14(16)30-20(10)28)9-29-21-19(27)18(26)17(25)15(8-23)31-21/h3,6-7,10,13-19,21,23-27H,2,4-5,8-9H2,1H3/b11-3+,12-6+/t10-,13-,14+,15+,16+,17+,18-,19+,21+/m0/s1. The zero-order valence-electron chi connectivity index (χ0n) is 17.2. The Hall–Kier alpha value is -1.66. The third-order valence-corrected chi connectivity index (χ3v) is 6.17. The number of hydrogen-bond donors (Lipinski definition) is 5. The largest absolute Gasteiger partial charge is 0.457 e. The van der Waals surface area contributed by atoms with Gasteiger partial charge in [0, 0.05) is 12.3 Å². The second kappa shape index (κ2) is 10.3. The number of fused-ring (bicyclic) bond motifs is 1. The summed E-state index contributed by atoms with van der Waals surface area (Å²) in [6.07, 6.45) is -3.39. The molecule has 0 bridgehead atoms. The quantitative estimate of drug-likeness (QED) is 0.194. The molecule has 10 heteroatoms. The number of rotatable bonds is 5. The van der Waals surface area contributed by atoms with Crippen LogP contribution in [-0.2, 0) is 23.8 Å². The Morgan fingerprint density at radius 2 is 1.94 bits per heavy atom. The Morgan fingerprint density at radius 3 is 2.61 bits per heavy atom. The highest BCUT2D eigenvalue weighted by Gasteiger charge is 2.46. The molecule has 31 heavy (non-hydrogen) atoms. The lowest BCUT2D eigenvalue weighted by atomic mass is 9.82. The maximum absolute atomic E-state index is 12.1. The first-order valence-corrected chi connectivity index (χ1v) is 10.4. The minimum absolute atomic E-state index is 0.0573. The molecule has 0 spiro atoms. The monoisotopic (exact) mass is 442 g/mol. The number of hydrogen-bond acceptors (Lipinski definition) is 10. The molecule has 0 amide bonds. The smallest absolute Gasteiger partial charge is 0.309 e. The molecule has 9 atom stereocenters. The Morgan fingerprint density at radius 1 is 1.19 bits per heavy atom. The van der Waals surface area contributed by atoms with Crippen molar-refractivity contribution in [3.05, 3.63) is 23.3 Å². The normalized spacial score (nSPS) is 45.0. The molecule has 10 nitrogen and oxygen atoms in total. The Bertz CT molecular complexity index is 717. The van der Waals surface area contributed by atoms with E-state index in [4.69, 9.17) is 14.2 Å². The summed E-state index contributed by atoms with van der Waals surface area (Å²) in [7, 11) is 0. The molecular weight excluding hydrogens is 412 g/mol. The number of ether oxygens (including phenoxy) is 3. The Kier molecular flexibility index (Phi) is 7.98. The second-order valence-electron chi connectivity index (χ2n) is 8.31. The van der Waals surface area contributed by atoms with Crippen LogP contribution in [0.2, 0.25) is 0 Å². The lowest BCUT2D eigenvalue weighted by molar-refractivity contribution is -0.299. The van der Waals surface area contributed by atoms with Gasteiger partial charge in [0.25, 0.3) is 0 Å². The summed E-state index contributed by atoms with van der Waals surface area (Å²) in [5.74, 6) is -1.51. The number of carbonyl (C=O) groups is 2. The van der Waals surface area contributed by atoms with Crippen molar-refractivity contribution in [2.24, 2.45) is 11.8 Å². The predicted molar refractivity (Wildman–Crippen MR) is 104 cm³/mol. The summed E-state index contributed by atoms with van der Waals surface area (Å²) in [6, 6.07) is 0. The van der Waals surface area contributed by atoms with Crippen molar-refractivity contribution in [3.63, 3.8) is 0 Å². The molecular formula is C21H30O10. The van der Waals surface area contributed by atoms with Crippen LogP contribution < -0.4 is 0 Å². The van der Waals surface area contributed by atoms with E-state index in [1.807, 2.05) is 0 Å². The molecule has 174 valence electrons. The van der Waals surface area contributed by atoms with Gasteiger partial charge in [-0.15, -0.1) is 0 Å². The van der Waals surface area contributed by atoms with Gasteiger partial charge in [-0.1, -0.05) is 13.0 Å². The van der Waals surface area contributed by atoms with Crippen LogP contribution in [0.3, 0.4) is 0 Å². The van der Waals surface area contributed by atoms with Crippen molar-refractivity contribution in [1.29, 1.82) is 0 Å². The van der Waals surface area contributed by atoms with Crippen LogP contribution in [0, 0.1) is 11.8 Å². The van der Waals surface area contributed by atoms with Gasteiger partial charge in [0.1, 0.15) is 36.8 Å². The third kappa shape index (κ3) is 5.23. The van der Waals surface area contributed by atoms with Gasteiger partial charge in [0.15, 0.2) is 6.29 Å². The molecule has 2 fully saturated rings. The molecule has 0 aromatic rings. The first-order valence-electron chi connectivity index (χ1n) is 10.4. The van der Waals surface area contributed by atoms with Crippen molar-refractivity contribution in [1.82, 2.24) is 0 Å². The highest BCUT2D eigenvalue weighted by Crippen LogP contribution is 2.35. The van der Waals surface area contributed by atoms with E-state index in [0.29, 0.717) is 30.3 Å². The first kappa shape index (κ1) is 24.0. The van der Waals surface area contributed by atoms with E-state index in [2.05, 4.69) is 0 Å². The zero-order chi connectivity index (χ0) is 22.7.